The minimum atomic E-state index is 0.365. The van der Waals surface area contributed by atoms with Gasteiger partial charge in [0.1, 0.15) is 18.2 Å². The van der Waals surface area contributed by atoms with Gasteiger partial charge in [0.15, 0.2) is 0 Å². The van der Waals surface area contributed by atoms with E-state index in [0.717, 1.165) is 17.9 Å². The van der Waals surface area contributed by atoms with Gasteiger partial charge in [0.2, 0.25) is 0 Å². The Hall–Kier alpha value is -1.23. The Balaban J connectivity index is 2.18. The standard InChI is InChI=1S/C14H17Cl2N3O/c1-3-17-8-10-6-11(15)7-12(16)14(10)20-9-13-18-4-5-19(13)2/h4-7,17H,3,8-9H2,1-2H3. The molecule has 0 aliphatic carbocycles. The molecule has 1 heterocycles. The summed E-state index contributed by atoms with van der Waals surface area (Å²) < 4.78 is 7.74. The highest BCUT2D eigenvalue weighted by atomic mass is 35.5. The maximum atomic E-state index is 6.23. The van der Waals surface area contributed by atoms with Gasteiger partial charge in [-0.05, 0) is 18.7 Å². The summed E-state index contributed by atoms with van der Waals surface area (Å²) in [4.78, 5) is 4.22. The molecule has 20 heavy (non-hydrogen) atoms. The third kappa shape index (κ3) is 3.66. The zero-order valence-corrected chi connectivity index (χ0v) is 13.0. The largest absolute Gasteiger partial charge is 0.484 e. The molecule has 0 aliphatic rings. The molecule has 0 spiro atoms. The van der Waals surface area contributed by atoms with E-state index in [1.165, 1.54) is 0 Å². The molecule has 2 aromatic rings. The van der Waals surface area contributed by atoms with Crippen molar-refractivity contribution in [2.75, 3.05) is 6.54 Å². The van der Waals surface area contributed by atoms with E-state index >= 15 is 0 Å². The van der Waals surface area contributed by atoms with Crippen LogP contribution in [-0.4, -0.2) is 16.1 Å². The van der Waals surface area contributed by atoms with Crippen molar-refractivity contribution in [3.05, 3.63) is 46.0 Å². The van der Waals surface area contributed by atoms with E-state index in [1.807, 2.05) is 30.8 Å². The number of nitrogens with one attached hydrogen (secondary N) is 1. The molecule has 0 saturated carbocycles. The number of hydrogen-bond donors (Lipinski definition) is 1. The molecule has 0 atom stereocenters. The number of benzene rings is 1. The summed E-state index contributed by atoms with van der Waals surface area (Å²) in [6.07, 6.45) is 3.61. The Kier molecular flexibility index (Phi) is 5.29. The zero-order valence-electron chi connectivity index (χ0n) is 11.5. The van der Waals surface area contributed by atoms with Crippen molar-refractivity contribution in [3.63, 3.8) is 0 Å². The van der Waals surface area contributed by atoms with Gasteiger partial charge in [-0.3, -0.25) is 0 Å². The maximum absolute atomic E-state index is 6.23. The second-order valence-corrected chi connectivity index (χ2v) is 5.24. The normalized spacial score (nSPS) is 10.8. The molecule has 0 aliphatic heterocycles. The molecule has 6 heteroatoms. The monoisotopic (exact) mass is 313 g/mol. The van der Waals surface area contributed by atoms with E-state index in [4.69, 9.17) is 27.9 Å². The molecule has 1 aromatic carbocycles. The second kappa shape index (κ2) is 6.97. The summed E-state index contributed by atoms with van der Waals surface area (Å²) in [5.41, 5.74) is 0.943. The van der Waals surface area contributed by atoms with E-state index in [1.54, 1.807) is 12.3 Å². The number of halogens is 2. The van der Waals surface area contributed by atoms with E-state index in [-0.39, 0.29) is 0 Å². The Morgan fingerprint density at radius 3 is 2.80 bits per heavy atom. The highest BCUT2D eigenvalue weighted by molar-refractivity contribution is 6.35. The molecule has 0 amide bonds. The van der Waals surface area contributed by atoms with Crippen LogP contribution in [0, 0.1) is 0 Å². The maximum Gasteiger partial charge on any atom is 0.146 e. The van der Waals surface area contributed by atoms with Gasteiger partial charge < -0.3 is 14.6 Å². The first-order chi connectivity index (χ1) is 9.61. The molecular formula is C14H17Cl2N3O. The molecule has 0 unspecified atom stereocenters. The molecule has 0 saturated heterocycles. The Morgan fingerprint density at radius 2 is 2.15 bits per heavy atom. The lowest BCUT2D eigenvalue weighted by atomic mass is 10.2. The number of aromatic nitrogens is 2. The van der Waals surface area contributed by atoms with Crippen molar-refractivity contribution in [1.82, 2.24) is 14.9 Å². The zero-order chi connectivity index (χ0) is 14.5. The van der Waals surface area contributed by atoms with Crippen LogP contribution in [0.15, 0.2) is 24.5 Å². The number of nitrogens with zero attached hydrogens (tertiary/aromatic N) is 2. The smallest absolute Gasteiger partial charge is 0.146 e. The molecule has 2 rings (SSSR count). The summed E-state index contributed by atoms with van der Waals surface area (Å²) >= 11 is 12.3. The van der Waals surface area contributed by atoms with Crippen LogP contribution in [0.2, 0.25) is 10.0 Å². The van der Waals surface area contributed by atoms with Crippen LogP contribution in [-0.2, 0) is 20.2 Å². The van der Waals surface area contributed by atoms with Gasteiger partial charge in [-0.2, -0.15) is 0 Å². The van der Waals surface area contributed by atoms with Crippen LogP contribution in [0.25, 0.3) is 0 Å². The highest BCUT2D eigenvalue weighted by Crippen LogP contribution is 2.33. The van der Waals surface area contributed by atoms with Crippen molar-refractivity contribution >= 4 is 23.2 Å². The molecule has 0 bridgehead atoms. The van der Waals surface area contributed by atoms with Crippen LogP contribution in [0.3, 0.4) is 0 Å². The second-order valence-electron chi connectivity index (χ2n) is 4.40. The lowest BCUT2D eigenvalue weighted by molar-refractivity contribution is 0.288. The first-order valence-electron chi connectivity index (χ1n) is 6.39. The fourth-order valence-corrected chi connectivity index (χ4v) is 2.43. The SMILES string of the molecule is CCNCc1cc(Cl)cc(Cl)c1OCc1nccn1C. The topological polar surface area (TPSA) is 39.1 Å². The van der Waals surface area contributed by atoms with Crippen LogP contribution in [0.5, 0.6) is 5.75 Å². The average molecular weight is 314 g/mol. The quantitative estimate of drug-likeness (QED) is 0.888. The van der Waals surface area contributed by atoms with Crippen LogP contribution < -0.4 is 10.1 Å². The molecule has 0 radical (unpaired) electrons. The molecular weight excluding hydrogens is 297 g/mol. The summed E-state index contributed by atoms with van der Waals surface area (Å²) in [5.74, 6) is 1.49. The Labute approximate surface area is 128 Å². The summed E-state index contributed by atoms with van der Waals surface area (Å²) in [6, 6.07) is 3.55. The van der Waals surface area contributed by atoms with E-state index in [9.17, 15) is 0 Å². The van der Waals surface area contributed by atoms with Crippen molar-refractivity contribution in [3.8, 4) is 5.75 Å². The molecule has 108 valence electrons. The minimum absolute atomic E-state index is 0.365. The minimum Gasteiger partial charge on any atom is -0.484 e. The summed E-state index contributed by atoms with van der Waals surface area (Å²) in [7, 11) is 1.93. The number of aryl methyl sites for hydroxylation is 1. The molecule has 1 N–H and O–H groups in total. The van der Waals surface area contributed by atoms with Gasteiger partial charge in [-0.25, -0.2) is 4.98 Å². The van der Waals surface area contributed by atoms with E-state index < -0.39 is 0 Å². The van der Waals surface area contributed by atoms with Crippen molar-refractivity contribution in [1.29, 1.82) is 0 Å². The van der Waals surface area contributed by atoms with E-state index in [0.29, 0.717) is 28.9 Å². The third-order valence-corrected chi connectivity index (χ3v) is 3.42. The first kappa shape index (κ1) is 15.2. The van der Waals surface area contributed by atoms with Gasteiger partial charge in [0, 0.05) is 36.6 Å². The predicted octanol–water partition coefficient (Wildman–Crippen LogP) is 3.42. The number of rotatable bonds is 6. The number of imidazole rings is 1. The first-order valence-corrected chi connectivity index (χ1v) is 7.15. The number of hydrogen-bond acceptors (Lipinski definition) is 3. The lowest BCUT2D eigenvalue weighted by Crippen LogP contribution is -2.13. The molecule has 4 nitrogen and oxygen atoms in total. The molecule has 1 aromatic heterocycles. The van der Waals surface area contributed by atoms with Crippen LogP contribution >= 0.6 is 23.2 Å². The summed E-state index contributed by atoms with van der Waals surface area (Å²) in [5, 5.41) is 4.36. The van der Waals surface area contributed by atoms with Gasteiger partial charge in [-0.1, -0.05) is 30.1 Å². The van der Waals surface area contributed by atoms with Gasteiger partial charge >= 0.3 is 0 Å². The average Bonchev–Trinajstić information content (AvgIpc) is 2.80. The predicted molar refractivity (Wildman–Crippen MR) is 81.4 cm³/mol. The summed E-state index contributed by atoms with van der Waals surface area (Å²) in [6.45, 7) is 3.93. The van der Waals surface area contributed by atoms with Crippen molar-refractivity contribution in [2.24, 2.45) is 7.05 Å². The lowest BCUT2D eigenvalue weighted by Gasteiger charge is -2.14. The van der Waals surface area contributed by atoms with Gasteiger partial charge in [0.05, 0.1) is 5.02 Å². The third-order valence-electron chi connectivity index (χ3n) is 2.92. The van der Waals surface area contributed by atoms with Crippen LogP contribution in [0.1, 0.15) is 18.3 Å². The fourth-order valence-electron chi connectivity index (χ4n) is 1.84. The Bertz CT molecular complexity index is 584. The fraction of sp³-hybridized carbons (Fsp3) is 0.357. The van der Waals surface area contributed by atoms with Crippen LogP contribution in [0.4, 0.5) is 0 Å². The number of ether oxygens (including phenoxy) is 1. The van der Waals surface area contributed by atoms with Gasteiger partial charge in [0.25, 0.3) is 0 Å². The molecule has 0 fully saturated rings. The Morgan fingerprint density at radius 1 is 1.35 bits per heavy atom. The van der Waals surface area contributed by atoms with Crippen molar-refractivity contribution < 1.29 is 4.74 Å². The van der Waals surface area contributed by atoms with Gasteiger partial charge in [-0.15, -0.1) is 0 Å². The highest BCUT2D eigenvalue weighted by Gasteiger charge is 2.12. The van der Waals surface area contributed by atoms with E-state index in [2.05, 4.69) is 10.3 Å². The van der Waals surface area contributed by atoms with Crippen molar-refractivity contribution in [2.45, 2.75) is 20.1 Å².